The van der Waals surface area contributed by atoms with E-state index in [1.54, 1.807) is 36.4 Å². The van der Waals surface area contributed by atoms with Gasteiger partial charge in [0.25, 0.3) is 5.89 Å². The van der Waals surface area contributed by atoms with Gasteiger partial charge in [0.1, 0.15) is 29.7 Å². The van der Waals surface area contributed by atoms with Gasteiger partial charge in [-0.1, -0.05) is 72.0 Å². The number of ether oxygens (including phenoxy) is 1. The zero-order chi connectivity index (χ0) is 29.5. The van der Waals surface area contributed by atoms with Crippen molar-refractivity contribution in [3.8, 4) is 40.0 Å². The molecule has 0 saturated heterocycles. The zero-order valence-electron chi connectivity index (χ0n) is 22.2. The van der Waals surface area contributed by atoms with E-state index in [0.717, 1.165) is 19.3 Å². The van der Waals surface area contributed by atoms with E-state index in [2.05, 4.69) is 20.6 Å². The first-order chi connectivity index (χ1) is 20.2. The number of aliphatic hydroxyl groups excluding tert-OH is 1. The van der Waals surface area contributed by atoms with Crippen molar-refractivity contribution in [2.24, 2.45) is 5.41 Å². The van der Waals surface area contributed by atoms with Crippen LogP contribution in [0.5, 0.6) is 5.75 Å². The third-order valence-electron chi connectivity index (χ3n) is 8.00. The van der Waals surface area contributed by atoms with Crippen LogP contribution in [0.1, 0.15) is 49.3 Å². The molecule has 3 N–H and O–H groups in total. The zero-order valence-corrected chi connectivity index (χ0v) is 22.2. The van der Waals surface area contributed by atoms with Gasteiger partial charge >= 0.3 is 12.1 Å². The Labute approximate surface area is 237 Å². The molecule has 220 valence electrons. The number of halogens is 3. The number of aliphatic carboxylic acids is 1. The first-order valence-electron chi connectivity index (χ1n) is 13.5. The van der Waals surface area contributed by atoms with E-state index >= 15 is 0 Å². The number of carboxylic acids is 1. The van der Waals surface area contributed by atoms with E-state index in [-0.39, 0.29) is 24.5 Å². The number of carbonyl (C=O) groups is 1. The minimum absolute atomic E-state index is 0.0161. The Balaban J connectivity index is 1.22. The van der Waals surface area contributed by atoms with Crippen molar-refractivity contribution >= 4 is 5.97 Å². The van der Waals surface area contributed by atoms with E-state index in [1.165, 1.54) is 12.1 Å². The summed E-state index contributed by atoms with van der Waals surface area (Å²) in [6, 6.07) is 12.0. The van der Waals surface area contributed by atoms with Gasteiger partial charge in [-0.05, 0) is 18.9 Å². The normalized spacial score (nSPS) is 20.1. The molecule has 42 heavy (non-hydrogen) atoms. The highest BCUT2D eigenvalue weighted by molar-refractivity contribution is 5.75. The maximum absolute atomic E-state index is 14.1. The molecule has 6 rings (SSSR count). The Hall–Kier alpha value is -4.23. The van der Waals surface area contributed by atoms with Crippen LogP contribution in [0.2, 0.25) is 0 Å². The van der Waals surface area contributed by atoms with Crippen molar-refractivity contribution in [1.82, 2.24) is 20.6 Å². The molecule has 13 heteroatoms. The number of alkyl halides is 3. The summed E-state index contributed by atoms with van der Waals surface area (Å²) < 4.78 is 58.2. The van der Waals surface area contributed by atoms with Crippen molar-refractivity contribution in [1.29, 1.82) is 0 Å². The van der Waals surface area contributed by atoms with Crippen LogP contribution in [-0.2, 0) is 11.0 Å². The van der Waals surface area contributed by atoms with Gasteiger partial charge < -0.3 is 29.3 Å². The molecule has 0 amide bonds. The monoisotopic (exact) mass is 584 g/mol. The highest BCUT2D eigenvalue weighted by Gasteiger charge is 2.43. The molecule has 0 bridgehead atoms. The van der Waals surface area contributed by atoms with Crippen LogP contribution in [0.4, 0.5) is 13.2 Å². The summed E-state index contributed by atoms with van der Waals surface area (Å²) in [7, 11) is 0. The van der Waals surface area contributed by atoms with Gasteiger partial charge in [0.05, 0.1) is 11.5 Å². The predicted molar refractivity (Wildman–Crippen MR) is 141 cm³/mol. The fourth-order valence-corrected chi connectivity index (χ4v) is 5.65. The van der Waals surface area contributed by atoms with Crippen LogP contribution in [0.15, 0.2) is 57.6 Å². The van der Waals surface area contributed by atoms with Gasteiger partial charge in [0.2, 0.25) is 11.6 Å². The van der Waals surface area contributed by atoms with Crippen LogP contribution in [0.25, 0.3) is 34.3 Å². The number of fused-ring (bicyclic) bond motifs is 1. The van der Waals surface area contributed by atoms with E-state index in [4.69, 9.17) is 13.8 Å². The maximum atomic E-state index is 14.1. The molecule has 0 unspecified atom stereocenters. The van der Waals surface area contributed by atoms with E-state index in [0.29, 0.717) is 29.7 Å². The first-order valence-corrected chi connectivity index (χ1v) is 13.5. The van der Waals surface area contributed by atoms with E-state index < -0.39 is 52.6 Å². The lowest BCUT2D eigenvalue weighted by atomic mass is 9.74. The smallest absolute Gasteiger partial charge is 0.422 e. The molecule has 3 heterocycles. The molecule has 4 aromatic rings. The van der Waals surface area contributed by atoms with Gasteiger partial charge in [0, 0.05) is 23.2 Å². The predicted octanol–water partition coefficient (Wildman–Crippen LogP) is 5.50. The van der Waals surface area contributed by atoms with E-state index in [1.807, 2.05) is 0 Å². The number of nitrogens with one attached hydrogen (secondary N) is 1. The lowest BCUT2D eigenvalue weighted by Crippen LogP contribution is -2.50. The summed E-state index contributed by atoms with van der Waals surface area (Å²) in [5.41, 5.74) is -1.32. The molecule has 2 aromatic heterocycles. The summed E-state index contributed by atoms with van der Waals surface area (Å²) in [6.45, 7) is 0.306. The second-order valence-corrected chi connectivity index (χ2v) is 10.7. The number of hydrogen-bond acceptors (Lipinski definition) is 9. The molecule has 10 nitrogen and oxygen atoms in total. The third kappa shape index (κ3) is 5.13. The number of aromatic nitrogens is 3. The Bertz CT molecular complexity index is 1580. The number of benzene rings is 2. The molecule has 2 atom stereocenters. The highest BCUT2D eigenvalue weighted by Crippen LogP contribution is 2.43. The SMILES string of the molecule is O=C(O)C1(CN[C@H]2COc3cc(-c4noc(-c5onc(-c6ccccc6)c5C(F)(F)F)n4)ccc3[C@@H]2O)CCCCC1. The standard InChI is InChI=1S/C29H27F3N4O6/c30-29(31,32)21-22(16-7-3-1-4-8-16)35-41-24(21)26-34-25(36-42-26)17-9-10-18-20(13-17)40-14-19(23(18)37)33-15-28(27(38)39)11-5-2-6-12-28/h1,3-4,7-10,13,19,23,33,37H,2,5-6,11-12,14-15H2,(H,38,39)/t19-,23-/m0/s1. The molecule has 1 aliphatic heterocycles. The molecular formula is C29H27F3N4O6. The summed E-state index contributed by atoms with van der Waals surface area (Å²) in [5.74, 6) is -1.70. The molecule has 1 saturated carbocycles. The Morgan fingerprint density at radius 2 is 1.79 bits per heavy atom. The number of aliphatic hydroxyl groups is 1. The Morgan fingerprint density at radius 1 is 1.02 bits per heavy atom. The Kier molecular flexibility index (Phi) is 7.23. The minimum atomic E-state index is -4.81. The number of nitrogens with zero attached hydrogens (tertiary/aromatic N) is 3. The fraction of sp³-hybridized carbons (Fsp3) is 0.379. The highest BCUT2D eigenvalue weighted by atomic mass is 19.4. The topological polar surface area (TPSA) is 144 Å². The molecular weight excluding hydrogens is 557 g/mol. The average Bonchev–Trinajstić information content (AvgIpc) is 3.66. The Morgan fingerprint density at radius 3 is 2.50 bits per heavy atom. The van der Waals surface area contributed by atoms with Crippen LogP contribution in [0.3, 0.4) is 0 Å². The molecule has 2 aliphatic rings. The number of hydrogen-bond donors (Lipinski definition) is 3. The second kappa shape index (κ2) is 10.9. The molecule has 1 aliphatic carbocycles. The fourth-order valence-electron chi connectivity index (χ4n) is 5.65. The van der Waals surface area contributed by atoms with Gasteiger partial charge in [0.15, 0.2) is 0 Å². The summed E-state index contributed by atoms with van der Waals surface area (Å²) in [6.07, 6.45) is -1.91. The molecule has 0 spiro atoms. The third-order valence-corrected chi connectivity index (χ3v) is 8.00. The van der Waals surface area contributed by atoms with Gasteiger partial charge in [-0.2, -0.15) is 18.2 Å². The van der Waals surface area contributed by atoms with Crippen molar-refractivity contribution < 1.29 is 42.0 Å². The van der Waals surface area contributed by atoms with Crippen molar-refractivity contribution in [3.05, 3.63) is 59.7 Å². The summed E-state index contributed by atoms with van der Waals surface area (Å²) in [5, 5.41) is 31.5. The van der Waals surface area contributed by atoms with Crippen molar-refractivity contribution in [2.45, 2.75) is 50.4 Å². The summed E-state index contributed by atoms with van der Waals surface area (Å²) in [4.78, 5) is 16.1. The van der Waals surface area contributed by atoms with Crippen LogP contribution < -0.4 is 10.1 Å². The van der Waals surface area contributed by atoms with Crippen molar-refractivity contribution in [3.63, 3.8) is 0 Å². The molecule has 0 radical (unpaired) electrons. The van der Waals surface area contributed by atoms with Gasteiger partial charge in [-0.3, -0.25) is 4.79 Å². The second-order valence-electron chi connectivity index (χ2n) is 10.7. The van der Waals surface area contributed by atoms with Gasteiger partial charge in [-0.25, -0.2) is 0 Å². The van der Waals surface area contributed by atoms with Gasteiger partial charge in [-0.15, -0.1) is 0 Å². The van der Waals surface area contributed by atoms with E-state index in [9.17, 15) is 28.2 Å². The minimum Gasteiger partial charge on any atom is -0.491 e. The van der Waals surface area contributed by atoms with Crippen molar-refractivity contribution in [2.75, 3.05) is 13.2 Å². The lowest BCUT2D eigenvalue weighted by molar-refractivity contribution is -0.151. The average molecular weight is 585 g/mol. The number of rotatable bonds is 7. The van der Waals surface area contributed by atoms with Crippen LogP contribution in [-0.4, -0.2) is 50.7 Å². The van der Waals surface area contributed by atoms with Crippen LogP contribution >= 0.6 is 0 Å². The maximum Gasteiger partial charge on any atom is 0.422 e. The molecule has 2 aromatic carbocycles. The summed E-state index contributed by atoms with van der Waals surface area (Å²) >= 11 is 0. The molecule has 1 fully saturated rings. The van der Waals surface area contributed by atoms with Crippen LogP contribution in [0, 0.1) is 5.41 Å². The first kappa shape index (κ1) is 27.9. The quantitative estimate of drug-likeness (QED) is 0.255. The number of carboxylic acid groups (broad SMARTS) is 1. The largest absolute Gasteiger partial charge is 0.491 e. The lowest BCUT2D eigenvalue weighted by Gasteiger charge is -2.37.